The zero-order valence-corrected chi connectivity index (χ0v) is 13.6. The van der Waals surface area contributed by atoms with E-state index in [1.807, 2.05) is 0 Å². The third-order valence-electron chi connectivity index (χ3n) is 5.01. The molecule has 0 spiro atoms. The minimum Gasteiger partial charge on any atom is -0.339 e. The Morgan fingerprint density at radius 2 is 2.05 bits per heavy atom. The summed E-state index contributed by atoms with van der Waals surface area (Å²) in [5.74, 6) is 1.01. The van der Waals surface area contributed by atoms with Gasteiger partial charge in [-0.3, -0.25) is 4.79 Å². The van der Waals surface area contributed by atoms with Gasteiger partial charge in [0.2, 0.25) is 5.91 Å². The van der Waals surface area contributed by atoms with E-state index >= 15 is 0 Å². The van der Waals surface area contributed by atoms with Crippen molar-refractivity contribution < 1.29 is 4.79 Å². The van der Waals surface area contributed by atoms with Crippen molar-refractivity contribution in [2.24, 2.45) is 11.3 Å². The zero-order chi connectivity index (χ0) is 14.6. The van der Waals surface area contributed by atoms with Crippen LogP contribution in [0.2, 0.25) is 0 Å². The molecule has 0 aromatic heterocycles. The second-order valence-electron chi connectivity index (χ2n) is 7.25. The lowest BCUT2D eigenvalue weighted by atomic mass is 9.80. The minimum absolute atomic E-state index is 0.105. The Morgan fingerprint density at radius 3 is 2.55 bits per heavy atom. The highest BCUT2D eigenvalue weighted by Crippen LogP contribution is 2.36. The first kappa shape index (κ1) is 15.8. The highest BCUT2D eigenvalue weighted by atomic mass is 16.2. The van der Waals surface area contributed by atoms with Crippen LogP contribution in [0.3, 0.4) is 0 Å². The van der Waals surface area contributed by atoms with Gasteiger partial charge in [0.25, 0.3) is 0 Å². The van der Waals surface area contributed by atoms with Crippen LogP contribution in [0.15, 0.2) is 0 Å². The standard InChI is InChI=1S/C17H32N2O/c1-4-9-17(10-11-18-13-17)16(20)19(12-14(2)3)15-7-5-6-8-15/h14-15,18H,4-13H2,1-3H3. The fraction of sp³-hybridized carbons (Fsp3) is 0.941. The molecule has 2 fully saturated rings. The molecule has 2 aliphatic rings. The Hall–Kier alpha value is -0.570. The maximum absolute atomic E-state index is 13.3. The number of hydrogen-bond donors (Lipinski definition) is 1. The lowest BCUT2D eigenvalue weighted by molar-refractivity contribution is -0.144. The molecular formula is C17H32N2O. The van der Waals surface area contributed by atoms with Crippen molar-refractivity contribution in [1.82, 2.24) is 10.2 Å². The minimum atomic E-state index is -0.105. The molecule has 0 radical (unpaired) electrons. The highest BCUT2D eigenvalue weighted by molar-refractivity contribution is 5.83. The van der Waals surface area contributed by atoms with E-state index in [0.717, 1.165) is 38.9 Å². The molecule has 0 aromatic rings. The Balaban J connectivity index is 2.15. The van der Waals surface area contributed by atoms with Gasteiger partial charge in [0, 0.05) is 19.1 Å². The van der Waals surface area contributed by atoms with Crippen LogP contribution in [0.1, 0.15) is 65.7 Å². The van der Waals surface area contributed by atoms with E-state index in [1.165, 1.54) is 25.7 Å². The number of carbonyl (C=O) groups excluding carboxylic acids is 1. The first-order valence-electron chi connectivity index (χ1n) is 8.61. The van der Waals surface area contributed by atoms with Crippen LogP contribution >= 0.6 is 0 Å². The number of amides is 1. The molecule has 3 nitrogen and oxygen atoms in total. The maximum Gasteiger partial charge on any atom is 0.230 e. The summed E-state index contributed by atoms with van der Waals surface area (Å²) in [7, 11) is 0. The second-order valence-corrected chi connectivity index (χ2v) is 7.25. The number of rotatable bonds is 6. The molecule has 1 aliphatic carbocycles. The summed E-state index contributed by atoms with van der Waals surface area (Å²) in [4.78, 5) is 15.5. The number of nitrogens with one attached hydrogen (secondary N) is 1. The van der Waals surface area contributed by atoms with Crippen molar-refractivity contribution in [3.8, 4) is 0 Å². The molecule has 20 heavy (non-hydrogen) atoms. The molecular weight excluding hydrogens is 248 g/mol. The summed E-state index contributed by atoms with van der Waals surface area (Å²) < 4.78 is 0. The second kappa shape index (κ2) is 6.93. The Bertz CT molecular complexity index is 315. The SMILES string of the molecule is CCCC1(C(=O)N(CC(C)C)C2CCCC2)CCNC1. The highest BCUT2D eigenvalue weighted by Gasteiger charge is 2.44. The monoisotopic (exact) mass is 280 g/mol. The molecule has 1 amide bonds. The summed E-state index contributed by atoms with van der Waals surface area (Å²) in [6, 6.07) is 0.513. The van der Waals surface area contributed by atoms with Gasteiger partial charge in [-0.1, -0.05) is 40.0 Å². The fourth-order valence-electron chi connectivity index (χ4n) is 4.04. The van der Waals surface area contributed by atoms with Crippen molar-refractivity contribution in [3.63, 3.8) is 0 Å². The summed E-state index contributed by atoms with van der Waals surface area (Å²) in [5.41, 5.74) is -0.105. The van der Waals surface area contributed by atoms with E-state index < -0.39 is 0 Å². The number of hydrogen-bond acceptors (Lipinski definition) is 2. The molecule has 2 rings (SSSR count). The average Bonchev–Trinajstić information content (AvgIpc) is 3.07. The number of carbonyl (C=O) groups is 1. The molecule has 1 saturated heterocycles. The van der Waals surface area contributed by atoms with E-state index in [9.17, 15) is 4.79 Å². The summed E-state index contributed by atoms with van der Waals surface area (Å²) in [6.45, 7) is 9.50. The molecule has 1 N–H and O–H groups in total. The molecule has 1 heterocycles. The van der Waals surface area contributed by atoms with Crippen LogP contribution in [-0.4, -0.2) is 36.5 Å². The van der Waals surface area contributed by atoms with Crippen molar-refractivity contribution in [2.45, 2.75) is 71.8 Å². The molecule has 0 bridgehead atoms. The van der Waals surface area contributed by atoms with Crippen LogP contribution in [0, 0.1) is 11.3 Å². The number of nitrogens with zero attached hydrogens (tertiary/aromatic N) is 1. The van der Waals surface area contributed by atoms with Gasteiger partial charge in [0.1, 0.15) is 0 Å². The largest absolute Gasteiger partial charge is 0.339 e. The van der Waals surface area contributed by atoms with Crippen molar-refractivity contribution in [3.05, 3.63) is 0 Å². The van der Waals surface area contributed by atoms with E-state index in [4.69, 9.17) is 0 Å². The predicted molar refractivity (Wildman–Crippen MR) is 83.6 cm³/mol. The summed E-state index contributed by atoms with van der Waals surface area (Å²) >= 11 is 0. The molecule has 1 unspecified atom stereocenters. The van der Waals surface area contributed by atoms with Crippen LogP contribution in [-0.2, 0) is 4.79 Å². The van der Waals surface area contributed by atoms with Crippen LogP contribution < -0.4 is 5.32 Å². The third kappa shape index (κ3) is 3.36. The van der Waals surface area contributed by atoms with E-state index in [0.29, 0.717) is 17.9 Å². The Morgan fingerprint density at radius 1 is 1.35 bits per heavy atom. The lowest BCUT2D eigenvalue weighted by Gasteiger charge is -2.38. The smallest absolute Gasteiger partial charge is 0.230 e. The first-order chi connectivity index (χ1) is 9.59. The van der Waals surface area contributed by atoms with Crippen LogP contribution in [0.5, 0.6) is 0 Å². The molecule has 1 atom stereocenters. The van der Waals surface area contributed by atoms with Gasteiger partial charge in [-0.05, 0) is 38.1 Å². The van der Waals surface area contributed by atoms with Crippen molar-refractivity contribution >= 4 is 5.91 Å². The lowest BCUT2D eigenvalue weighted by Crippen LogP contribution is -2.50. The van der Waals surface area contributed by atoms with Crippen LogP contribution in [0.25, 0.3) is 0 Å². The normalized spacial score (nSPS) is 27.4. The topological polar surface area (TPSA) is 32.3 Å². The Kier molecular flexibility index (Phi) is 5.48. The third-order valence-corrected chi connectivity index (χ3v) is 5.01. The molecule has 116 valence electrons. The van der Waals surface area contributed by atoms with Gasteiger partial charge in [-0.15, -0.1) is 0 Å². The molecule has 3 heteroatoms. The van der Waals surface area contributed by atoms with Crippen molar-refractivity contribution in [2.75, 3.05) is 19.6 Å². The quantitative estimate of drug-likeness (QED) is 0.810. The average molecular weight is 280 g/mol. The van der Waals surface area contributed by atoms with Crippen molar-refractivity contribution in [1.29, 1.82) is 0 Å². The summed E-state index contributed by atoms with van der Waals surface area (Å²) in [6.07, 6.45) is 8.20. The first-order valence-corrected chi connectivity index (χ1v) is 8.61. The van der Waals surface area contributed by atoms with E-state index in [2.05, 4.69) is 31.0 Å². The van der Waals surface area contributed by atoms with Gasteiger partial charge in [-0.2, -0.15) is 0 Å². The molecule has 0 aromatic carbocycles. The van der Waals surface area contributed by atoms with Gasteiger partial charge >= 0.3 is 0 Å². The molecule has 1 saturated carbocycles. The summed E-state index contributed by atoms with van der Waals surface area (Å²) in [5, 5.41) is 3.43. The van der Waals surface area contributed by atoms with Gasteiger partial charge in [0.15, 0.2) is 0 Å². The van der Waals surface area contributed by atoms with Crippen LogP contribution in [0.4, 0.5) is 0 Å². The van der Waals surface area contributed by atoms with E-state index in [-0.39, 0.29) is 5.41 Å². The fourth-order valence-corrected chi connectivity index (χ4v) is 4.04. The Labute approximate surface area is 124 Å². The van der Waals surface area contributed by atoms with Gasteiger partial charge in [-0.25, -0.2) is 0 Å². The van der Waals surface area contributed by atoms with E-state index in [1.54, 1.807) is 0 Å². The van der Waals surface area contributed by atoms with Gasteiger partial charge < -0.3 is 10.2 Å². The molecule has 1 aliphatic heterocycles. The maximum atomic E-state index is 13.3. The zero-order valence-electron chi connectivity index (χ0n) is 13.6. The predicted octanol–water partition coefficient (Wildman–Crippen LogP) is 3.19. The van der Waals surface area contributed by atoms with Gasteiger partial charge in [0.05, 0.1) is 5.41 Å².